The number of para-hydroxylation sites is 4. The average Bonchev–Trinajstić information content (AvgIpc) is 4.11. The zero-order chi connectivity index (χ0) is 46.7. The van der Waals surface area contributed by atoms with Crippen LogP contribution in [0.1, 0.15) is 20.3 Å². The summed E-state index contributed by atoms with van der Waals surface area (Å²) in [6.07, 6.45) is 1.25. The van der Waals surface area contributed by atoms with Gasteiger partial charge >= 0.3 is 0 Å². The second kappa shape index (κ2) is 16.9. The van der Waals surface area contributed by atoms with Gasteiger partial charge in [-0.1, -0.05) is 202 Å². The van der Waals surface area contributed by atoms with Gasteiger partial charge in [0.15, 0.2) is 17.5 Å². The Morgan fingerprint density at radius 1 is 0.371 bits per heavy atom. The molecule has 4 heterocycles. The summed E-state index contributed by atoms with van der Waals surface area (Å²) in [7, 11) is 0. The largest absolute Gasteiger partial charge is 0.456 e. The molecule has 0 unspecified atom stereocenters. The zero-order valence-electron chi connectivity index (χ0n) is 38.6. The molecule has 0 amide bonds. The van der Waals surface area contributed by atoms with Crippen LogP contribution in [-0.4, -0.2) is 19.5 Å². The van der Waals surface area contributed by atoms with Crippen molar-refractivity contribution in [2.24, 2.45) is 0 Å². The molecule has 6 nitrogen and oxygen atoms in total. The first-order valence-corrected chi connectivity index (χ1v) is 23.9. The minimum atomic E-state index is 0.566. The lowest BCUT2D eigenvalue weighted by Gasteiger charge is -2.14. The van der Waals surface area contributed by atoms with Crippen molar-refractivity contribution >= 4 is 76.5 Å². The molecule has 0 bridgehead atoms. The third kappa shape index (κ3) is 6.75. The number of nitrogens with zero attached hydrogens (tertiary/aromatic N) is 4. The lowest BCUT2D eigenvalue weighted by molar-refractivity contribution is 0.669. The molecular weight excluding hydrogens is 857 g/mol. The molecule has 0 saturated carbocycles. The van der Waals surface area contributed by atoms with Crippen LogP contribution in [0, 0.1) is 0 Å². The molecule has 332 valence electrons. The van der Waals surface area contributed by atoms with Crippen LogP contribution < -0.4 is 0 Å². The van der Waals surface area contributed by atoms with E-state index < -0.39 is 0 Å². The lowest BCUT2D eigenvalue weighted by atomic mass is 9.98. The van der Waals surface area contributed by atoms with E-state index in [2.05, 4.69) is 176 Å². The maximum absolute atomic E-state index is 7.04. The van der Waals surface area contributed by atoms with Crippen LogP contribution in [0.2, 0.25) is 0 Å². The van der Waals surface area contributed by atoms with Crippen LogP contribution in [0.5, 0.6) is 0 Å². The molecule has 4 aromatic heterocycles. The average molecular weight is 901 g/mol. The quantitative estimate of drug-likeness (QED) is 0.166. The van der Waals surface area contributed by atoms with Gasteiger partial charge in [-0.3, -0.25) is 0 Å². The fraction of sp³-hybridized carbons (Fsp3) is 0.0469. The van der Waals surface area contributed by atoms with Crippen molar-refractivity contribution in [3.63, 3.8) is 0 Å². The second-order valence-corrected chi connectivity index (χ2v) is 17.8. The molecule has 70 heavy (non-hydrogen) atoms. The predicted octanol–water partition coefficient (Wildman–Crippen LogP) is 17.7. The van der Waals surface area contributed by atoms with Crippen LogP contribution in [-0.2, 0) is 0 Å². The fourth-order valence-corrected chi connectivity index (χ4v) is 10.2. The Morgan fingerprint density at radius 3 is 1.67 bits per heavy atom. The van der Waals surface area contributed by atoms with Crippen LogP contribution in [0.4, 0.5) is 0 Å². The Hall–Kier alpha value is -9.13. The molecule has 0 saturated heterocycles. The van der Waals surface area contributed by atoms with Crippen molar-refractivity contribution in [2.45, 2.75) is 20.3 Å². The molecule has 0 fully saturated rings. The summed E-state index contributed by atoms with van der Waals surface area (Å²) in [5.41, 5.74) is 13.4. The molecule has 0 aliphatic heterocycles. The molecular formula is C64H44N4O2. The summed E-state index contributed by atoms with van der Waals surface area (Å²) in [5.74, 6) is 1.73. The van der Waals surface area contributed by atoms with E-state index in [1.54, 1.807) is 0 Å². The van der Waals surface area contributed by atoms with Gasteiger partial charge < -0.3 is 13.4 Å². The van der Waals surface area contributed by atoms with Gasteiger partial charge in [-0.15, -0.1) is 0 Å². The first-order chi connectivity index (χ1) is 34.6. The van der Waals surface area contributed by atoms with Crippen LogP contribution in [0.3, 0.4) is 0 Å². The minimum absolute atomic E-state index is 0.566. The van der Waals surface area contributed by atoms with Gasteiger partial charge in [0, 0.05) is 71.4 Å². The number of hydrogen-bond donors (Lipinski definition) is 0. The fourth-order valence-electron chi connectivity index (χ4n) is 10.2. The SMILES string of the molecule is CCC.c1ccc(-c2nc(-c3cccc(-n4c5ccc6ccccc6c5c5cccc(-c6cccc7c6oc6c(-c8ccccc8)cccc67)c54)c3)nc(-c3ccc4c(c3)oc3ccccc34)n2)cc1. The topological polar surface area (TPSA) is 69.9 Å². The zero-order valence-corrected chi connectivity index (χ0v) is 38.6. The maximum atomic E-state index is 7.04. The Kier molecular flexibility index (Phi) is 9.91. The van der Waals surface area contributed by atoms with E-state index >= 15 is 0 Å². The number of furan rings is 2. The van der Waals surface area contributed by atoms with Crippen molar-refractivity contribution in [1.29, 1.82) is 0 Å². The predicted molar refractivity (Wildman–Crippen MR) is 289 cm³/mol. The van der Waals surface area contributed by atoms with Crippen LogP contribution >= 0.6 is 0 Å². The third-order valence-corrected chi connectivity index (χ3v) is 13.2. The molecule has 0 spiro atoms. The van der Waals surface area contributed by atoms with Gasteiger partial charge in [0.05, 0.1) is 11.0 Å². The highest BCUT2D eigenvalue weighted by Crippen LogP contribution is 2.45. The van der Waals surface area contributed by atoms with E-state index in [-0.39, 0.29) is 0 Å². The lowest BCUT2D eigenvalue weighted by Crippen LogP contribution is -2.01. The van der Waals surface area contributed by atoms with E-state index in [0.29, 0.717) is 17.5 Å². The summed E-state index contributed by atoms with van der Waals surface area (Å²) in [6, 6.07) is 76.2. The highest BCUT2D eigenvalue weighted by Gasteiger charge is 2.23. The molecule has 14 aromatic rings. The molecule has 0 radical (unpaired) electrons. The number of aromatic nitrogens is 4. The first-order valence-electron chi connectivity index (χ1n) is 23.9. The van der Waals surface area contributed by atoms with Gasteiger partial charge in [-0.05, 0) is 52.7 Å². The van der Waals surface area contributed by atoms with Gasteiger partial charge in [0.1, 0.15) is 22.3 Å². The van der Waals surface area contributed by atoms with E-state index in [1.807, 2.05) is 60.7 Å². The van der Waals surface area contributed by atoms with Gasteiger partial charge in [-0.25, -0.2) is 15.0 Å². The number of fused-ring (bicyclic) bond motifs is 11. The van der Waals surface area contributed by atoms with E-state index in [0.717, 1.165) is 105 Å². The Bertz CT molecular complexity index is 4300. The smallest absolute Gasteiger partial charge is 0.164 e. The highest BCUT2D eigenvalue weighted by molar-refractivity contribution is 6.24. The van der Waals surface area contributed by atoms with E-state index in [1.165, 1.54) is 22.6 Å². The van der Waals surface area contributed by atoms with Gasteiger partial charge in [0.2, 0.25) is 0 Å². The Morgan fingerprint density at radius 2 is 0.914 bits per heavy atom. The van der Waals surface area contributed by atoms with E-state index in [9.17, 15) is 0 Å². The van der Waals surface area contributed by atoms with Crippen molar-refractivity contribution in [2.75, 3.05) is 0 Å². The summed E-state index contributed by atoms with van der Waals surface area (Å²) in [5, 5.41) is 9.04. The molecule has 6 heteroatoms. The van der Waals surface area contributed by atoms with Crippen LogP contribution in [0.25, 0.3) is 139 Å². The minimum Gasteiger partial charge on any atom is -0.456 e. The highest BCUT2D eigenvalue weighted by atomic mass is 16.3. The number of rotatable bonds is 6. The number of benzene rings is 10. The van der Waals surface area contributed by atoms with Crippen molar-refractivity contribution in [3.8, 4) is 62.1 Å². The normalized spacial score (nSPS) is 11.6. The van der Waals surface area contributed by atoms with Crippen molar-refractivity contribution in [1.82, 2.24) is 19.5 Å². The first kappa shape index (κ1) is 41.1. The summed E-state index contributed by atoms with van der Waals surface area (Å²) in [6.45, 7) is 4.25. The van der Waals surface area contributed by atoms with Gasteiger partial charge in [-0.2, -0.15) is 0 Å². The Labute approximate surface area is 403 Å². The summed E-state index contributed by atoms with van der Waals surface area (Å²) < 4.78 is 15.8. The van der Waals surface area contributed by atoms with Crippen molar-refractivity contribution < 1.29 is 8.83 Å². The Balaban J connectivity index is 0.00000156. The summed E-state index contributed by atoms with van der Waals surface area (Å²) >= 11 is 0. The monoisotopic (exact) mass is 900 g/mol. The standard InChI is InChI=1S/C61H36N4O2.C3H8/c1-3-15-37(16-4-1)44-24-12-27-49-50-28-14-26-48(58(50)67-57(44)49)47-25-13-29-51-55-43-22-8-7-17-38(43)32-34-52(55)65(56(47)51)42-21-11-20-40(35-42)60-62-59(39-18-5-2-6-19-39)63-61(64-60)41-31-33-46-45-23-9-10-30-53(45)66-54(46)36-41;1-3-2/h1-36H;3H2,1-2H3. The van der Waals surface area contributed by atoms with Gasteiger partial charge in [0.25, 0.3) is 0 Å². The molecule has 0 atom stereocenters. The third-order valence-electron chi connectivity index (χ3n) is 13.2. The maximum Gasteiger partial charge on any atom is 0.164 e. The second-order valence-electron chi connectivity index (χ2n) is 17.8. The molecule has 14 rings (SSSR count). The van der Waals surface area contributed by atoms with E-state index in [4.69, 9.17) is 23.8 Å². The van der Waals surface area contributed by atoms with Crippen molar-refractivity contribution in [3.05, 3.63) is 218 Å². The summed E-state index contributed by atoms with van der Waals surface area (Å²) in [4.78, 5) is 15.5. The molecule has 0 N–H and O–H groups in total. The molecule has 0 aliphatic rings. The van der Waals surface area contributed by atoms with Crippen LogP contribution in [0.15, 0.2) is 227 Å². The number of hydrogen-bond acceptors (Lipinski definition) is 5. The molecule has 0 aliphatic carbocycles. The molecule has 10 aromatic carbocycles.